The van der Waals surface area contributed by atoms with E-state index in [4.69, 9.17) is 0 Å². The van der Waals surface area contributed by atoms with E-state index in [2.05, 4.69) is 20.9 Å². The standard InChI is InChI=1S/C18H17N5O3/c1-19-17(25)12-5-4-6-13(11-12)20-16(24)9-10-23-18(26)14-7-2-3-8-15(14)21-22-23/h2-8,11H,9-10H2,1H3,(H,19,25)(H,20,24). The molecule has 0 fully saturated rings. The quantitative estimate of drug-likeness (QED) is 0.718. The van der Waals surface area contributed by atoms with Crippen molar-refractivity contribution < 1.29 is 9.59 Å². The Morgan fingerprint density at radius 2 is 1.92 bits per heavy atom. The molecule has 1 aromatic heterocycles. The third-order valence-electron chi connectivity index (χ3n) is 3.82. The molecule has 0 aliphatic rings. The van der Waals surface area contributed by atoms with Gasteiger partial charge in [0.1, 0.15) is 5.52 Å². The summed E-state index contributed by atoms with van der Waals surface area (Å²) in [5.74, 6) is -0.528. The van der Waals surface area contributed by atoms with E-state index in [1.165, 1.54) is 11.7 Å². The molecule has 132 valence electrons. The first-order valence-corrected chi connectivity index (χ1v) is 8.03. The maximum Gasteiger partial charge on any atom is 0.277 e. The Bertz CT molecular complexity index is 1030. The van der Waals surface area contributed by atoms with Gasteiger partial charge in [0.2, 0.25) is 5.91 Å². The number of amides is 2. The SMILES string of the molecule is CNC(=O)c1cccc(NC(=O)CCn2nnc3ccccc3c2=O)c1. The van der Waals surface area contributed by atoms with Gasteiger partial charge in [0.05, 0.1) is 11.9 Å². The molecule has 8 heteroatoms. The van der Waals surface area contributed by atoms with E-state index >= 15 is 0 Å². The van der Waals surface area contributed by atoms with Gasteiger partial charge < -0.3 is 10.6 Å². The minimum absolute atomic E-state index is 0.0527. The second-order valence-electron chi connectivity index (χ2n) is 5.59. The molecular formula is C18H17N5O3. The van der Waals surface area contributed by atoms with Gasteiger partial charge in [-0.05, 0) is 30.3 Å². The molecule has 2 amide bonds. The normalized spacial score (nSPS) is 10.5. The molecule has 8 nitrogen and oxygen atoms in total. The van der Waals surface area contributed by atoms with Crippen LogP contribution in [0.1, 0.15) is 16.8 Å². The molecule has 2 N–H and O–H groups in total. The molecule has 0 aliphatic carbocycles. The fraction of sp³-hybridized carbons (Fsp3) is 0.167. The smallest absolute Gasteiger partial charge is 0.277 e. The molecule has 0 atom stereocenters. The van der Waals surface area contributed by atoms with Gasteiger partial charge in [0.25, 0.3) is 11.5 Å². The van der Waals surface area contributed by atoms with E-state index in [0.29, 0.717) is 22.2 Å². The second kappa shape index (κ2) is 7.56. The van der Waals surface area contributed by atoms with Crippen molar-refractivity contribution in [2.75, 3.05) is 12.4 Å². The van der Waals surface area contributed by atoms with E-state index in [1.807, 2.05) is 0 Å². The molecule has 0 saturated carbocycles. The summed E-state index contributed by atoms with van der Waals surface area (Å²) >= 11 is 0. The van der Waals surface area contributed by atoms with E-state index in [1.54, 1.807) is 48.5 Å². The number of carbonyl (C=O) groups is 2. The van der Waals surface area contributed by atoms with Crippen molar-refractivity contribution in [1.29, 1.82) is 0 Å². The van der Waals surface area contributed by atoms with Crippen molar-refractivity contribution in [3.8, 4) is 0 Å². The summed E-state index contributed by atoms with van der Waals surface area (Å²) < 4.78 is 1.17. The van der Waals surface area contributed by atoms with E-state index < -0.39 is 0 Å². The summed E-state index contributed by atoms with van der Waals surface area (Å²) in [5.41, 5.74) is 1.18. The van der Waals surface area contributed by atoms with Gasteiger partial charge in [-0.15, -0.1) is 5.10 Å². The zero-order valence-electron chi connectivity index (χ0n) is 14.1. The van der Waals surface area contributed by atoms with Crippen LogP contribution in [0, 0.1) is 0 Å². The van der Waals surface area contributed by atoms with E-state index in [0.717, 1.165) is 0 Å². The number of anilines is 1. The molecule has 1 heterocycles. The van der Waals surface area contributed by atoms with Crippen molar-refractivity contribution >= 4 is 28.4 Å². The Morgan fingerprint density at radius 1 is 1.12 bits per heavy atom. The maximum absolute atomic E-state index is 12.3. The number of rotatable bonds is 5. The summed E-state index contributed by atoms with van der Waals surface area (Å²) in [5, 5.41) is 13.5. The Balaban J connectivity index is 1.67. The lowest BCUT2D eigenvalue weighted by atomic mass is 10.2. The number of nitrogens with one attached hydrogen (secondary N) is 2. The predicted octanol–water partition coefficient (Wildman–Crippen LogP) is 1.18. The molecule has 0 aliphatic heterocycles. The summed E-state index contributed by atoms with van der Waals surface area (Å²) in [6, 6.07) is 13.5. The lowest BCUT2D eigenvalue weighted by molar-refractivity contribution is -0.116. The van der Waals surface area contributed by atoms with Crippen molar-refractivity contribution in [3.63, 3.8) is 0 Å². The van der Waals surface area contributed by atoms with Crippen LogP contribution < -0.4 is 16.2 Å². The Labute approximate surface area is 148 Å². The van der Waals surface area contributed by atoms with Crippen molar-refractivity contribution in [3.05, 3.63) is 64.4 Å². The molecule has 0 spiro atoms. The van der Waals surface area contributed by atoms with Gasteiger partial charge in [-0.3, -0.25) is 14.4 Å². The highest BCUT2D eigenvalue weighted by atomic mass is 16.2. The Morgan fingerprint density at radius 3 is 2.73 bits per heavy atom. The van der Waals surface area contributed by atoms with Crippen LogP contribution in [-0.4, -0.2) is 33.9 Å². The molecular weight excluding hydrogens is 334 g/mol. The first-order chi connectivity index (χ1) is 12.6. The van der Waals surface area contributed by atoms with Gasteiger partial charge in [-0.2, -0.15) is 0 Å². The summed E-state index contributed by atoms with van der Waals surface area (Å²) in [6.45, 7) is 0.109. The van der Waals surface area contributed by atoms with Crippen LogP contribution in [0.4, 0.5) is 5.69 Å². The molecule has 2 aromatic carbocycles. The monoisotopic (exact) mass is 351 g/mol. The summed E-state index contributed by atoms with van der Waals surface area (Å²) in [6.07, 6.45) is 0.0527. The minimum Gasteiger partial charge on any atom is -0.355 e. The van der Waals surface area contributed by atoms with Gasteiger partial charge in [0.15, 0.2) is 0 Å². The number of nitrogens with zero attached hydrogens (tertiary/aromatic N) is 3. The fourth-order valence-corrected chi connectivity index (χ4v) is 2.48. The van der Waals surface area contributed by atoms with Gasteiger partial charge in [-0.25, -0.2) is 4.68 Å². The molecule has 26 heavy (non-hydrogen) atoms. The number of fused-ring (bicyclic) bond motifs is 1. The number of benzene rings is 2. The highest BCUT2D eigenvalue weighted by molar-refractivity contribution is 5.97. The van der Waals surface area contributed by atoms with Crippen LogP contribution >= 0.6 is 0 Å². The van der Waals surface area contributed by atoms with Crippen LogP contribution in [-0.2, 0) is 11.3 Å². The summed E-state index contributed by atoms with van der Waals surface area (Å²) in [7, 11) is 1.54. The van der Waals surface area contributed by atoms with E-state index in [-0.39, 0.29) is 30.3 Å². The number of hydrogen-bond donors (Lipinski definition) is 2. The summed E-state index contributed by atoms with van der Waals surface area (Å²) in [4.78, 5) is 36.1. The predicted molar refractivity (Wildman–Crippen MR) is 96.9 cm³/mol. The lowest BCUT2D eigenvalue weighted by Crippen LogP contribution is -2.26. The average molecular weight is 351 g/mol. The Kier molecular flexibility index (Phi) is 5.02. The molecule has 0 saturated heterocycles. The van der Waals surface area contributed by atoms with Gasteiger partial charge >= 0.3 is 0 Å². The minimum atomic E-state index is -0.291. The number of hydrogen-bond acceptors (Lipinski definition) is 5. The molecule has 3 aromatic rings. The van der Waals surface area contributed by atoms with Crippen LogP contribution in [0.15, 0.2) is 53.3 Å². The average Bonchev–Trinajstić information content (AvgIpc) is 2.67. The van der Waals surface area contributed by atoms with Crippen molar-refractivity contribution in [2.24, 2.45) is 0 Å². The maximum atomic E-state index is 12.3. The molecule has 0 unspecified atom stereocenters. The molecule has 3 rings (SSSR count). The van der Waals surface area contributed by atoms with E-state index in [9.17, 15) is 14.4 Å². The second-order valence-corrected chi connectivity index (χ2v) is 5.59. The zero-order valence-corrected chi connectivity index (χ0v) is 14.1. The molecule has 0 bridgehead atoms. The highest BCUT2D eigenvalue weighted by Crippen LogP contribution is 2.11. The van der Waals surface area contributed by atoms with Gasteiger partial charge in [0, 0.05) is 24.7 Å². The molecule has 0 radical (unpaired) electrons. The largest absolute Gasteiger partial charge is 0.355 e. The number of aromatic nitrogens is 3. The third-order valence-corrected chi connectivity index (χ3v) is 3.82. The first-order valence-electron chi connectivity index (χ1n) is 8.03. The van der Waals surface area contributed by atoms with Crippen LogP contribution in [0.5, 0.6) is 0 Å². The first kappa shape index (κ1) is 17.3. The zero-order chi connectivity index (χ0) is 18.5. The van der Waals surface area contributed by atoms with Crippen LogP contribution in [0.3, 0.4) is 0 Å². The topological polar surface area (TPSA) is 106 Å². The number of aryl methyl sites for hydroxylation is 1. The highest BCUT2D eigenvalue weighted by Gasteiger charge is 2.09. The Hall–Kier alpha value is -3.55. The van der Waals surface area contributed by atoms with Crippen molar-refractivity contribution in [2.45, 2.75) is 13.0 Å². The van der Waals surface area contributed by atoms with Crippen LogP contribution in [0.25, 0.3) is 10.9 Å². The van der Waals surface area contributed by atoms with Gasteiger partial charge in [-0.1, -0.05) is 23.4 Å². The fourth-order valence-electron chi connectivity index (χ4n) is 2.48. The number of carbonyl (C=O) groups excluding carboxylic acids is 2. The van der Waals surface area contributed by atoms with Crippen molar-refractivity contribution in [1.82, 2.24) is 20.3 Å². The lowest BCUT2D eigenvalue weighted by Gasteiger charge is -2.08. The van der Waals surface area contributed by atoms with Crippen LogP contribution in [0.2, 0.25) is 0 Å². The third kappa shape index (κ3) is 3.75.